The number of anilines is 1. The second-order valence-corrected chi connectivity index (χ2v) is 6.33. The molecule has 1 heterocycles. The summed E-state index contributed by atoms with van der Waals surface area (Å²) in [7, 11) is 0. The molecule has 0 atom stereocenters. The highest BCUT2D eigenvalue weighted by molar-refractivity contribution is 5.94. The van der Waals surface area contributed by atoms with Gasteiger partial charge in [0.2, 0.25) is 0 Å². The zero-order chi connectivity index (χ0) is 18.9. The van der Waals surface area contributed by atoms with Crippen molar-refractivity contribution in [3.8, 4) is 11.3 Å². The summed E-state index contributed by atoms with van der Waals surface area (Å²) in [6, 6.07) is 21.4. The summed E-state index contributed by atoms with van der Waals surface area (Å²) in [6.45, 7) is 3.52. The fraction of sp³-hybridized carbons (Fsp3) is 0.227. The third-order valence-corrected chi connectivity index (χ3v) is 4.24. The van der Waals surface area contributed by atoms with Crippen molar-refractivity contribution in [1.82, 2.24) is 15.5 Å². The van der Waals surface area contributed by atoms with E-state index in [9.17, 15) is 4.79 Å². The van der Waals surface area contributed by atoms with E-state index in [-0.39, 0.29) is 5.91 Å². The zero-order valence-corrected chi connectivity index (χ0v) is 15.5. The van der Waals surface area contributed by atoms with Crippen LogP contribution in [0.4, 0.5) is 5.82 Å². The molecule has 0 spiro atoms. The van der Waals surface area contributed by atoms with Crippen molar-refractivity contribution in [3.63, 3.8) is 0 Å². The van der Waals surface area contributed by atoms with Crippen LogP contribution in [0.3, 0.4) is 0 Å². The Hall–Kier alpha value is -3.21. The van der Waals surface area contributed by atoms with Crippen LogP contribution in [0, 0.1) is 0 Å². The Balaban J connectivity index is 1.59. The van der Waals surface area contributed by atoms with Crippen molar-refractivity contribution < 1.29 is 4.79 Å². The number of aromatic nitrogens is 2. The largest absolute Gasteiger partial charge is 0.365 e. The highest BCUT2D eigenvalue weighted by Crippen LogP contribution is 2.18. The third kappa shape index (κ3) is 5.38. The SMILES string of the molecule is CCCCNC(=O)c1ccc(-c2ccc(NCc3ccccc3)nn2)cc1. The van der Waals surface area contributed by atoms with Crippen molar-refractivity contribution >= 4 is 11.7 Å². The minimum Gasteiger partial charge on any atom is -0.365 e. The summed E-state index contributed by atoms with van der Waals surface area (Å²) in [5.41, 5.74) is 3.56. The number of hydrogen-bond donors (Lipinski definition) is 2. The van der Waals surface area contributed by atoms with E-state index in [1.165, 1.54) is 5.56 Å². The van der Waals surface area contributed by atoms with Gasteiger partial charge in [0.15, 0.2) is 0 Å². The Kier molecular flexibility index (Phi) is 6.52. The highest BCUT2D eigenvalue weighted by Gasteiger charge is 2.06. The smallest absolute Gasteiger partial charge is 0.251 e. The van der Waals surface area contributed by atoms with Crippen LogP contribution < -0.4 is 10.6 Å². The van der Waals surface area contributed by atoms with E-state index in [2.05, 4.69) is 39.9 Å². The zero-order valence-electron chi connectivity index (χ0n) is 15.5. The van der Waals surface area contributed by atoms with Gasteiger partial charge in [-0.15, -0.1) is 10.2 Å². The second-order valence-electron chi connectivity index (χ2n) is 6.33. The standard InChI is InChI=1S/C22H24N4O/c1-2-3-15-23-22(27)19-11-9-18(10-12-19)20-13-14-21(26-25-20)24-16-17-7-5-4-6-8-17/h4-14H,2-3,15-16H2,1H3,(H,23,27)(H,24,26). The Labute approximate surface area is 159 Å². The molecule has 0 aliphatic carbocycles. The minimum absolute atomic E-state index is 0.0402. The average molecular weight is 360 g/mol. The molecule has 1 amide bonds. The number of unbranched alkanes of at least 4 members (excludes halogenated alkanes) is 1. The Morgan fingerprint density at radius 2 is 1.70 bits per heavy atom. The van der Waals surface area contributed by atoms with E-state index in [1.54, 1.807) is 0 Å². The van der Waals surface area contributed by atoms with E-state index in [0.717, 1.165) is 29.9 Å². The van der Waals surface area contributed by atoms with Gasteiger partial charge in [-0.2, -0.15) is 0 Å². The Bertz CT molecular complexity index is 846. The van der Waals surface area contributed by atoms with Gasteiger partial charge in [0.25, 0.3) is 5.91 Å². The molecule has 5 nitrogen and oxygen atoms in total. The second kappa shape index (κ2) is 9.48. The first-order valence-electron chi connectivity index (χ1n) is 9.26. The molecule has 2 aromatic carbocycles. The highest BCUT2D eigenvalue weighted by atomic mass is 16.1. The number of carbonyl (C=O) groups is 1. The van der Waals surface area contributed by atoms with Gasteiger partial charge in [-0.05, 0) is 36.2 Å². The number of nitrogens with one attached hydrogen (secondary N) is 2. The van der Waals surface area contributed by atoms with E-state index in [0.29, 0.717) is 18.7 Å². The van der Waals surface area contributed by atoms with Gasteiger partial charge in [-0.1, -0.05) is 55.8 Å². The third-order valence-electron chi connectivity index (χ3n) is 4.24. The summed E-state index contributed by atoms with van der Waals surface area (Å²) in [5.74, 6) is 0.691. The first kappa shape index (κ1) is 18.6. The lowest BCUT2D eigenvalue weighted by molar-refractivity contribution is 0.0953. The molecular weight excluding hydrogens is 336 g/mol. The van der Waals surface area contributed by atoms with Crippen LogP contribution in [0.1, 0.15) is 35.7 Å². The Morgan fingerprint density at radius 3 is 2.37 bits per heavy atom. The molecule has 0 radical (unpaired) electrons. The molecule has 0 aliphatic rings. The number of nitrogens with zero attached hydrogens (tertiary/aromatic N) is 2. The average Bonchev–Trinajstić information content (AvgIpc) is 2.74. The van der Waals surface area contributed by atoms with Crippen molar-refractivity contribution in [2.45, 2.75) is 26.3 Å². The number of rotatable bonds is 8. The number of amides is 1. The fourth-order valence-corrected chi connectivity index (χ4v) is 2.64. The monoisotopic (exact) mass is 360 g/mol. The van der Waals surface area contributed by atoms with Gasteiger partial charge in [0, 0.05) is 24.2 Å². The van der Waals surface area contributed by atoms with Gasteiger partial charge in [0.1, 0.15) is 5.82 Å². The Morgan fingerprint density at radius 1 is 0.926 bits per heavy atom. The van der Waals surface area contributed by atoms with Crippen molar-refractivity contribution in [2.24, 2.45) is 0 Å². The first-order valence-corrected chi connectivity index (χ1v) is 9.26. The molecule has 0 aliphatic heterocycles. The van der Waals surface area contributed by atoms with Crippen molar-refractivity contribution in [1.29, 1.82) is 0 Å². The quantitative estimate of drug-likeness (QED) is 0.588. The van der Waals surface area contributed by atoms with E-state index in [4.69, 9.17) is 0 Å². The van der Waals surface area contributed by atoms with Gasteiger partial charge in [0.05, 0.1) is 5.69 Å². The maximum atomic E-state index is 12.1. The van der Waals surface area contributed by atoms with Crippen LogP contribution in [0.15, 0.2) is 66.7 Å². The van der Waals surface area contributed by atoms with Gasteiger partial charge in [-0.3, -0.25) is 4.79 Å². The van der Waals surface area contributed by atoms with Crippen LogP contribution in [0.2, 0.25) is 0 Å². The number of hydrogen-bond acceptors (Lipinski definition) is 4. The normalized spacial score (nSPS) is 10.4. The van der Waals surface area contributed by atoms with Crippen LogP contribution in [0.25, 0.3) is 11.3 Å². The van der Waals surface area contributed by atoms with Gasteiger partial charge in [-0.25, -0.2) is 0 Å². The van der Waals surface area contributed by atoms with Crippen LogP contribution in [-0.2, 0) is 6.54 Å². The predicted octanol–water partition coefficient (Wildman–Crippen LogP) is 4.29. The van der Waals surface area contributed by atoms with E-state index < -0.39 is 0 Å². The molecule has 138 valence electrons. The predicted molar refractivity (Wildman–Crippen MR) is 108 cm³/mol. The fourth-order valence-electron chi connectivity index (χ4n) is 2.64. The maximum absolute atomic E-state index is 12.1. The molecule has 0 saturated carbocycles. The molecular formula is C22H24N4O. The van der Waals surface area contributed by atoms with E-state index in [1.807, 2.05) is 54.6 Å². The molecule has 0 saturated heterocycles. The molecule has 27 heavy (non-hydrogen) atoms. The summed E-state index contributed by atoms with van der Waals surface area (Å²) in [6.07, 6.45) is 2.05. The summed E-state index contributed by atoms with van der Waals surface area (Å²) in [4.78, 5) is 12.1. The maximum Gasteiger partial charge on any atom is 0.251 e. The summed E-state index contributed by atoms with van der Waals surface area (Å²) in [5, 5.41) is 14.7. The number of carbonyl (C=O) groups excluding carboxylic acids is 1. The molecule has 0 fully saturated rings. The molecule has 5 heteroatoms. The molecule has 1 aromatic heterocycles. The summed E-state index contributed by atoms with van der Waals surface area (Å²) >= 11 is 0. The van der Waals surface area contributed by atoms with E-state index >= 15 is 0 Å². The molecule has 0 unspecified atom stereocenters. The molecule has 2 N–H and O–H groups in total. The number of benzene rings is 2. The molecule has 3 aromatic rings. The summed E-state index contributed by atoms with van der Waals surface area (Å²) < 4.78 is 0. The minimum atomic E-state index is -0.0402. The topological polar surface area (TPSA) is 66.9 Å². The van der Waals surface area contributed by atoms with Crippen molar-refractivity contribution in [2.75, 3.05) is 11.9 Å². The van der Waals surface area contributed by atoms with Crippen LogP contribution in [-0.4, -0.2) is 22.6 Å². The van der Waals surface area contributed by atoms with Crippen LogP contribution in [0.5, 0.6) is 0 Å². The lowest BCUT2D eigenvalue weighted by Crippen LogP contribution is -2.24. The first-order chi connectivity index (χ1) is 13.3. The van der Waals surface area contributed by atoms with Gasteiger partial charge >= 0.3 is 0 Å². The molecule has 3 rings (SSSR count). The molecule has 0 bridgehead atoms. The van der Waals surface area contributed by atoms with Crippen molar-refractivity contribution in [3.05, 3.63) is 77.9 Å². The van der Waals surface area contributed by atoms with Crippen LogP contribution >= 0.6 is 0 Å². The van der Waals surface area contributed by atoms with Gasteiger partial charge < -0.3 is 10.6 Å². The lowest BCUT2D eigenvalue weighted by atomic mass is 10.1. The lowest BCUT2D eigenvalue weighted by Gasteiger charge is -2.07.